The maximum Gasteiger partial charge on any atom is 0.243 e. The van der Waals surface area contributed by atoms with Crippen LogP contribution < -0.4 is 10.2 Å². The summed E-state index contributed by atoms with van der Waals surface area (Å²) in [6, 6.07) is 13.4. The van der Waals surface area contributed by atoms with Gasteiger partial charge >= 0.3 is 0 Å². The molecule has 2 aromatic rings. The van der Waals surface area contributed by atoms with Crippen LogP contribution in [0.2, 0.25) is 0 Å². The van der Waals surface area contributed by atoms with E-state index in [9.17, 15) is 18.0 Å². The molecule has 1 unspecified atom stereocenters. The number of hydrogen-bond donors (Lipinski definition) is 1. The number of aryl methyl sites for hydroxylation is 1. The van der Waals surface area contributed by atoms with Crippen molar-refractivity contribution in [3.05, 3.63) is 54.1 Å². The Morgan fingerprint density at radius 1 is 1.17 bits per heavy atom. The van der Waals surface area contributed by atoms with Gasteiger partial charge in [-0.15, -0.1) is 0 Å². The smallest absolute Gasteiger partial charge is 0.243 e. The number of hydrogen-bond acceptors (Lipinski definition) is 4. The van der Waals surface area contributed by atoms with Crippen LogP contribution in [0, 0.1) is 0 Å². The lowest BCUT2D eigenvalue weighted by Gasteiger charge is -2.29. The molecule has 1 N–H and O–H groups in total. The first kappa shape index (κ1) is 22.0. The fourth-order valence-electron chi connectivity index (χ4n) is 3.62. The van der Waals surface area contributed by atoms with Crippen LogP contribution in [0.3, 0.4) is 0 Å². The minimum absolute atomic E-state index is 0.135. The molecule has 1 atom stereocenters. The van der Waals surface area contributed by atoms with Gasteiger partial charge in [-0.05, 0) is 43.2 Å². The molecule has 0 aliphatic carbocycles. The molecular weight excluding hydrogens is 402 g/mol. The number of likely N-dealkylation sites (N-methyl/N-ethyl adjacent to an activating group) is 1. The number of carbonyl (C=O) groups excluding carboxylic acids is 2. The van der Waals surface area contributed by atoms with Gasteiger partial charge in [-0.1, -0.05) is 37.6 Å². The van der Waals surface area contributed by atoms with Crippen LogP contribution in [-0.4, -0.2) is 44.2 Å². The Bertz CT molecular complexity index is 1030. The van der Waals surface area contributed by atoms with E-state index >= 15 is 0 Å². The number of rotatable bonds is 6. The molecular formula is C22H27N3O4S. The van der Waals surface area contributed by atoms with Gasteiger partial charge in [0.1, 0.15) is 0 Å². The minimum Gasteiger partial charge on any atom is -0.324 e. The Kier molecular flexibility index (Phi) is 6.58. The molecule has 0 saturated heterocycles. The van der Waals surface area contributed by atoms with E-state index in [0.29, 0.717) is 11.4 Å². The second-order valence-corrected chi connectivity index (χ2v) is 9.58. The second kappa shape index (κ2) is 8.97. The number of para-hydroxylation sites is 2. The average molecular weight is 430 g/mol. The number of sulfonamides is 1. The third-order valence-corrected chi connectivity index (χ3v) is 6.97. The van der Waals surface area contributed by atoms with E-state index < -0.39 is 16.1 Å². The monoisotopic (exact) mass is 429 g/mol. The van der Waals surface area contributed by atoms with Gasteiger partial charge in [0.15, 0.2) is 0 Å². The fourth-order valence-corrected chi connectivity index (χ4v) is 4.74. The highest BCUT2D eigenvalue weighted by atomic mass is 32.2. The van der Waals surface area contributed by atoms with Gasteiger partial charge in [0.25, 0.3) is 0 Å². The molecule has 8 heteroatoms. The molecule has 30 heavy (non-hydrogen) atoms. The number of anilines is 2. The van der Waals surface area contributed by atoms with Crippen molar-refractivity contribution in [2.24, 2.45) is 0 Å². The van der Waals surface area contributed by atoms with Gasteiger partial charge in [-0.25, -0.2) is 8.42 Å². The Morgan fingerprint density at radius 2 is 1.83 bits per heavy atom. The topological polar surface area (TPSA) is 86.8 Å². The summed E-state index contributed by atoms with van der Waals surface area (Å²) >= 11 is 0. The molecule has 0 fully saturated rings. The first-order valence-electron chi connectivity index (χ1n) is 10.00. The lowest BCUT2D eigenvalue weighted by atomic mass is 10.1. The van der Waals surface area contributed by atoms with E-state index in [0.717, 1.165) is 22.7 Å². The zero-order chi connectivity index (χ0) is 21.9. The average Bonchev–Trinajstić information content (AvgIpc) is 2.82. The van der Waals surface area contributed by atoms with Crippen molar-refractivity contribution >= 4 is 33.2 Å². The van der Waals surface area contributed by atoms with E-state index in [2.05, 4.69) is 12.2 Å². The lowest BCUT2D eigenvalue weighted by Crippen LogP contribution is -2.45. The van der Waals surface area contributed by atoms with Crippen molar-refractivity contribution in [2.75, 3.05) is 23.8 Å². The quantitative estimate of drug-likeness (QED) is 0.765. The molecule has 1 heterocycles. The molecule has 0 bridgehead atoms. The zero-order valence-electron chi connectivity index (χ0n) is 17.5. The van der Waals surface area contributed by atoms with E-state index in [4.69, 9.17) is 0 Å². The standard InChI is InChI=1S/C22H27N3O4S/c1-4-7-17-10-12-18(13-11-17)30(28,29)24(3)15-22(27)25-16(2)14-21(26)23-19-8-5-6-9-20(19)25/h5-6,8-13,16H,4,7,14-15H2,1-3H3,(H,23,26). The van der Waals surface area contributed by atoms with Crippen LogP contribution in [0.5, 0.6) is 0 Å². The summed E-state index contributed by atoms with van der Waals surface area (Å²) in [4.78, 5) is 26.9. The van der Waals surface area contributed by atoms with Crippen LogP contribution in [0.1, 0.15) is 32.3 Å². The van der Waals surface area contributed by atoms with E-state index in [1.807, 2.05) is 0 Å². The minimum atomic E-state index is -3.82. The van der Waals surface area contributed by atoms with Crippen LogP contribution >= 0.6 is 0 Å². The predicted octanol–water partition coefficient (Wildman–Crippen LogP) is 3.02. The van der Waals surface area contributed by atoms with Gasteiger partial charge in [0.05, 0.1) is 22.8 Å². The van der Waals surface area contributed by atoms with Crippen molar-refractivity contribution in [1.82, 2.24) is 4.31 Å². The van der Waals surface area contributed by atoms with Crippen molar-refractivity contribution in [3.8, 4) is 0 Å². The predicted molar refractivity (Wildman–Crippen MR) is 117 cm³/mol. The lowest BCUT2D eigenvalue weighted by molar-refractivity contribution is -0.119. The van der Waals surface area contributed by atoms with Crippen molar-refractivity contribution in [2.45, 2.75) is 44.0 Å². The number of nitrogens with one attached hydrogen (secondary N) is 1. The summed E-state index contributed by atoms with van der Waals surface area (Å²) in [5.74, 6) is -0.571. The van der Waals surface area contributed by atoms with Crippen molar-refractivity contribution < 1.29 is 18.0 Å². The Labute approximate surface area is 177 Å². The molecule has 2 amide bonds. The number of carbonyl (C=O) groups is 2. The summed E-state index contributed by atoms with van der Waals surface area (Å²) in [5, 5.41) is 2.80. The summed E-state index contributed by atoms with van der Waals surface area (Å²) in [6.07, 6.45) is 2.00. The van der Waals surface area contributed by atoms with Crippen LogP contribution in [0.4, 0.5) is 11.4 Å². The van der Waals surface area contributed by atoms with Crippen LogP contribution in [0.25, 0.3) is 0 Å². The molecule has 2 aromatic carbocycles. The van der Waals surface area contributed by atoms with Crippen LogP contribution in [0.15, 0.2) is 53.4 Å². The Morgan fingerprint density at radius 3 is 2.50 bits per heavy atom. The van der Waals surface area contributed by atoms with Gasteiger partial charge in [0.2, 0.25) is 21.8 Å². The molecule has 1 aliphatic rings. The molecule has 0 saturated carbocycles. The van der Waals surface area contributed by atoms with Gasteiger partial charge < -0.3 is 10.2 Å². The molecule has 160 valence electrons. The molecule has 1 aliphatic heterocycles. The maximum absolute atomic E-state index is 13.1. The third-order valence-electron chi connectivity index (χ3n) is 5.16. The van der Waals surface area contributed by atoms with Gasteiger partial charge in [-0.3, -0.25) is 9.59 Å². The van der Waals surface area contributed by atoms with Gasteiger partial charge in [0, 0.05) is 19.5 Å². The Hall–Kier alpha value is -2.71. The summed E-state index contributed by atoms with van der Waals surface area (Å²) in [7, 11) is -2.42. The first-order valence-corrected chi connectivity index (χ1v) is 11.4. The summed E-state index contributed by atoms with van der Waals surface area (Å²) in [5.41, 5.74) is 2.18. The van der Waals surface area contributed by atoms with E-state index in [1.54, 1.807) is 55.5 Å². The van der Waals surface area contributed by atoms with Crippen LogP contribution in [-0.2, 0) is 26.0 Å². The zero-order valence-corrected chi connectivity index (χ0v) is 18.3. The summed E-state index contributed by atoms with van der Waals surface area (Å²) in [6.45, 7) is 3.52. The number of benzene rings is 2. The molecule has 0 radical (unpaired) electrons. The van der Waals surface area contributed by atoms with E-state index in [-0.39, 0.29) is 29.7 Å². The van der Waals surface area contributed by atoms with Gasteiger partial charge in [-0.2, -0.15) is 4.31 Å². The first-order chi connectivity index (χ1) is 14.2. The highest BCUT2D eigenvalue weighted by Gasteiger charge is 2.32. The number of amides is 2. The normalized spacial score (nSPS) is 16.7. The number of nitrogens with zero attached hydrogens (tertiary/aromatic N) is 2. The summed E-state index contributed by atoms with van der Waals surface area (Å²) < 4.78 is 27.0. The third kappa shape index (κ3) is 4.55. The molecule has 0 aromatic heterocycles. The molecule has 3 rings (SSSR count). The SMILES string of the molecule is CCCc1ccc(S(=O)(=O)N(C)CC(=O)N2c3ccccc3NC(=O)CC2C)cc1. The highest BCUT2D eigenvalue weighted by molar-refractivity contribution is 7.89. The second-order valence-electron chi connectivity index (χ2n) is 7.54. The molecule has 7 nitrogen and oxygen atoms in total. The maximum atomic E-state index is 13.1. The van der Waals surface area contributed by atoms with Crippen molar-refractivity contribution in [3.63, 3.8) is 0 Å². The number of fused-ring (bicyclic) bond motifs is 1. The molecule has 0 spiro atoms. The highest BCUT2D eigenvalue weighted by Crippen LogP contribution is 2.31. The Balaban J connectivity index is 1.83. The fraction of sp³-hybridized carbons (Fsp3) is 0.364. The van der Waals surface area contributed by atoms with Crippen molar-refractivity contribution in [1.29, 1.82) is 0 Å². The van der Waals surface area contributed by atoms with E-state index in [1.165, 1.54) is 11.9 Å². The largest absolute Gasteiger partial charge is 0.324 e.